The van der Waals surface area contributed by atoms with Crippen molar-refractivity contribution >= 4 is 23.6 Å². The van der Waals surface area contributed by atoms with Crippen LogP contribution in [0.2, 0.25) is 0 Å². The summed E-state index contributed by atoms with van der Waals surface area (Å²) in [5.41, 5.74) is 4.14. The predicted molar refractivity (Wildman–Crippen MR) is 94.4 cm³/mol. The van der Waals surface area contributed by atoms with Crippen molar-refractivity contribution in [2.45, 2.75) is 12.8 Å². The van der Waals surface area contributed by atoms with E-state index in [-0.39, 0.29) is 11.8 Å². The number of halogens is 1. The van der Waals surface area contributed by atoms with Gasteiger partial charge in [-0.15, -0.1) is 0 Å². The zero-order valence-electron chi connectivity index (χ0n) is 13.3. The fourth-order valence-electron chi connectivity index (χ4n) is 2.77. The van der Waals surface area contributed by atoms with E-state index in [2.05, 4.69) is 9.98 Å². The van der Waals surface area contributed by atoms with E-state index in [4.69, 9.17) is 4.42 Å². The number of fused-ring (bicyclic) bond motifs is 1. The van der Waals surface area contributed by atoms with E-state index in [9.17, 15) is 9.50 Å². The summed E-state index contributed by atoms with van der Waals surface area (Å²) in [6.45, 7) is 0. The van der Waals surface area contributed by atoms with Crippen LogP contribution in [0.5, 0.6) is 5.95 Å². The highest BCUT2D eigenvalue weighted by molar-refractivity contribution is 6.21. The Kier molecular flexibility index (Phi) is 3.90. The Hall–Kier alpha value is -3.21. The highest BCUT2D eigenvalue weighted by atomic mass is 19.1. The zero-order valence-corrected chi connectivity index (χ0v) is 13.3. The molecule has 0 bridgehead atoms. The van der Waals surface area contributed by atoms with Crippen molar-refractivity contribution in [1.29, 1.82) is 0 Å². The molecule has 1 aromatic heterocycles. The molecule has 0 saturated carbocycles. The average molecular weight is 334 g/mol. The topological polar surface area (TPSA) is 58.6 Å². The fraction of sp³-hybridized carbons (Fsp3) is 0.100. The Labute approximate surface area is 144 Å². The van der Waals surface area contributed by atoms with Gasteiger partial charge in [-0.2, -0.15) is 0 Å². The van der Waals surface area contributed by atoms with Crippen LogP contribution in [0.1, 0.15) is 22.7 Å². The van der Waals surface area contributed by atoms with Gasteiger partial charge in [0.15, 0.2) is 5.89 Å². The number of aryl methyl sites for hydroxylation is 2. The smallest absolute Gasteiger partial charge is 0.310 e. The van der Waals surface area contributed by atoms with Crippen molar-refractivity contribution < 1.29 is 13.9 Å². The molecule has 2 aromatic carbocycles. The van der Waals surface area contributed by atoms with Crippen molar-refractivity contribution in [2.24, 2.45) is 4.99 Å². The Balaban J connectivity index is 1.52. The summed E-state index contributed by atoms with van der Waals surface area (Å²) in [6, 6.07) is 14.1. The highest BCUT2D eigenvalue weighted by Crippen LogP contribution is 2.33. The number of allylic oxidation sites excluding steroid dienone is 1. The van der Waals surface area contributed by atoms with Gasteiger partial charge in [0.05, 0.1) is 5.69 Å². The van der Waals surface area contributed by atoms with Gasteiger partial charge < -0.3 is 9.52 Å². The monoisotopic (exact) mass is 334 g/mol. The largest absolute Gasteiger partial charge is 0.479 e. The number of hydrogen-bond acceptors (Lipinski definition) is 4. The molecule has 4 rings (SSSR count). The van der Waals surface area contributed by atoms with Crippen LogP contribution in [0, 0.1) is 5.82 Å². The summed E-state index contributed by atoms with van der Waals surface area (Å²) >= 11 is 0. The van der Waals surface area contributed by atoms with E-state index < -0.39 is 0 Å². The first-order valence-electron chi connectivity index (χ1n) is 7.97. The van der Waals surface area contributed by atoms with Gasteiger partial charge in [0.1, 0.15) is 11.5 Å². The number of para-hydroxylation sites is 1. The maximum atomic E-state index is 12.9. The van der Waals surface area contributed by atoms with Gasteiger partial charge in [0.2, 0.25) is 0 Å². The van der Waals surface area contributed by atoms with E-state index in [0.29, 0.717) is 24.4 Å². The van der Waals surface area contributed by atoms with E-state index in [0.717, 1.165) is 22.4 Å². The summed E-state index contributed by atoms with van der Waals surface area (Å²) < 4.78 is 18.3. The molecule has 1 N–H and O–H groups in total. The fourth-order valence-corrected chi connectivity index (χ4v) is 2.77. The summed E-state index contributed by atoms with van der Waals surface area (Å²) in [5, 5.41) is 10.0. The van der Waals surface area contributed by atoms with Crippen molar-refractivity contribution in [3.05, 3.63) is 77.1 Å². The molecule has 0 radical (unpaired) electrons. The van der Waals surface area contributed by atoms with Crippen LogP contribution in [-0.4, -0.2) is 16.3 Å². The highest BCUT2D eigenvalue weighted by Gasteiger charge is 2.15. The summed E-state index contributed by atoms with van der Waals surface area (Å²) in [6.07, 6.45) is 4.68. The van der Waals surface area contributed by atoms with Gasteiger partial charge in [-0.1, -0.05) is 30.3 Å². The first kappa shape index (κ1) is 15.3. The third-order valence-electron chi connectivity index (χ3n) is 4.07. The van der Waals surface area contributed by atoms with Crippen LogP contribution < -0.4 is 0 Å². The second-order valence-corrected chi connectivity index (χ2v) is 5.80. The molecule has 0 unspecified atom stereocenters. The minimum absolute atomic E-state index is 0.209. The minimum Gasteiger partial charge on any atom is -0.479 e. The second kappa shape index (κ2) is 6.36. The summed E-state index contributed by atoms with van der Waals surface area (Å²) in [7, 11) is 0. The maximum absolute atomic E-state index is 12.9. The van der Waals surface area contributed by atoms with Crippen LogP contribution in [0.15, 0.2) is 57.9 Å². The average Bonchev–Trinajstić information content (AvgIpc) is 3.19. The quantitative estimate of drug-likeness (QED) is 0.761. The Morgan fingerprint density at radius 1 is 1.04 bits per heavy atom. The number of aromatic hydroxyl groups is 1. The predicted octanol–water partition coefficient (Wildman–Crippen LogP) is 4.56. The molecule has 0 fully saturated rings. The number of aromatic nitrogens is 1. The van der Waals surface area contributed by atoms with Crippen molar-refractivity contribution in [1.82, 2.24) is 4.98 Å². The third-order valence-corrected chi connectivity index (χ3v) is 4.07. The first-order valence-corrected chi connectivity index (χ1v) is 7.97. The molecule has 25 heavy (non-hydrogen) atoms. The Morgan fingerprint density at radius 2 is 1.84 bits per heavy atom. The molecule has 4 nitrogen and oxygen atoms in total. The molecule has 2 heterocycles. The molecule has 124 valence electrons. The maximum Gasteiger partial charge on any atom is 0.310 e. The molecule has 0 spiro atoms. The molecular weight excluding hydrogens is 319 g/mol. The van der Waals surface area contributed by atoms with Gasteiger partial charge in [0, 0.05) is 23.8 Å². The van der Waals surface area contributed by atoms with Crippen molar-refractivity contribution in [3.8, 4) is 5.95 Å². The molecule has 0 saturated heterocycles. The first-order chi connectivity index (χ1) is 12.2. The lowest BCUT2D eigenvalue weighted by Crippen LogP contribution is -1.92. The molecule has 1 aliphatic rings. The van der Waals surface area contributed by atoms with Gasteiger partial charge in [0.25, 0.3) is 0 Å². The van der Waals surface area contributed by atoms with Crippen LogP contribution in [0.3, 0.4) is 0 Å². The zero-order chi connectivity index (χ0) is 17.2. The van der Waals surface area contributed by atoms with Crippen molar-refractivity contribution in [2.75, 3.05) is 0 Å². The summed E-state index contributed by atoms with van der Waals surface area (Å²) in [4.78, 5) is 8.68. The number of aliphatic imine (C=N–C) groups is 1. The van der Waals surface area contributed by atoms with Crippen LogP contribution >= 0.6 is 0 Å². The van der Waals surface area contributed by atoms with Crippen LogP contribution in [0.4, 0.5) is 10.1 Å². The van der Waals surface area contributed by atoms with E-state index in [1.54, 1.807) is 24.4 Å². The molecule has 5 heteroatoms. The number of oxazole rings is 1. The Morgan fingerprint density at radius 3 is 2.68 bits per heavy atom. The number of nitrogens with zero attached hydrogens (tertiary/aromatic N) is 2. The lowest BCUT2D eigenvalue weighted by atomic mass is 10.1. The molecule has 1 aliphatic heterocycles. The number of benzene rings is 2. The standard InChI is InChI=1S/C20H15FN2O2/c21-15-8-5-13(6-9-15)7-10-19-23-18(20(24)25-19)11-14-12-22-17-4-2-1-3-16(14)17/h1-6,8-9,11-12,24H,7,10H2/b14-11+. The molecular formula is C20H15FN2O2. The third kappa shape index (κ3) is 3.21. The van der Waals surface area contributed by atoms with E-state index >= 15 is 0 Å². The molecule has 0 aliphatic carbocycles. The minimum atomic E-state index is -0.259. The van der Waals surface area contributed by atoms with Gasteiger partial charge in [-0.25, -0.2) is 9.37 Å². The normalized spacial score (nSPS) is 14.2. The van der Waals surface area contributed by atoms with Gasteiger partial charge >= 0.3 is 5.95 Å². The molecule has 0 atom stereocenters. The molecule has 0 amide bonds. The number of rotatable bonds is 4. The van der Waals surface area contributed by atoms with Gasteiger partial charge in [-0.05, 0) is 36.3 Å². The van der Waals surface area contributed by atoms with Crippen molar-refractivity contribution in [3.63, 3.8) is 0 Å². The van der Waals surface area contributed by atoms with Gasteiger partial charge in [-0.3, -0.25) is 4.99 Å². The SMILES string of the molecule is Oc1oc(CCc2ccc(F)cc2)nc1/C=C1\C=Nc2ccccc21. The lowest BCUT2D eigenvalue weighted by molar-refractivity contribution is 0.316. The summed E-state index contributed by atoms with van der Waals surface area (Å²) in [5.74, 6) is -0.0266. The van der Waals surface area contributed by atoms with E-state index in [1.807, 2.05) is 24.3 Å². The van der Waals surface area contributed by atoms with E-state index in [1.165, 1.54) is 12.1 Å². The van der Waals surface area contributed by atoms with Crippen LogP contribution in [-0.2, 0) is 12.8 Å². The van der Waals surface area contributed by atoms with Crippen LogP contribution in [0.25, 0.3) is 11.6 Å². The second-order valence-electron chi connectivity index (χ2n) is 5.80. The Bertz CT molecular complexity index is 972. The number of hydrogen-bond donors (Lipinski definition) is 1. The molecule has 3 aromatic rings. The lowest BCUT2D eigenvalue weighted by Gasteiger charge is -1.98.